The van der Waals surface area contributed by atoms with Crippen molar-refractivity contribution in [2.75, 3.05) is 5.32 Å². The molecule has 0 saturated heterocycles. The molecule has 23 heavy (non-hydrogen) atoms. The first-order valence-corrected chi connectivity index (χ1v) is 7.62. The highest BCUT2D eigenvalue weighted by molar-refractivity contribution is 8.00. The molecule has 0 bridgehead atoms. The molecule has 1 aromatic heterocycles. The molecule has 0 aliphatic rings. The van der Waals surface area contributed by atoms with Crippen LogP contribution in [0.3, 0.4) is 0 Å². The van der Waals surface area contributed by atoms with Crippen molar-refractivity contribution in [1.82, 2.24) is 14.8 Å². The number of thioether (sulfide) groups is 1. The third-order valence-corrected chi connectivity index (χ3v) is 4.35. The maximum Gasteiger partial charge on any atom is 0.416 e. The molecule has 2 aromatic rings. The van der Waals surface area contributed by atoms with Crippen LogP contribution in [0.4, 0.5) is 18.9 Å². The number of hydrogen-bond acceptors (Lipinski definition) is 4. The highest BCUT2D eigenvalue weighted by Gasteiger charge is 2.31. The molecule has 1 atom stereocenters. The maximum atomic E-state index is 12.7. The fraction of sp³-hybridized carbons (Fsp3) is 0.308. The van der Waals surface area contributed by atoms with Gasteiger partial charge >= 0.3 is 6.18 Å². The first kappa shape index (κ1) is 17.6. The van der Waals surface area contributed by atoms with E-state index < -0.39 is 22.9 Å². The predicted octanol–water partition coefficient (Wildman–Crippen LogP) is 3.61. The number of carbonyl (C=O) groups excluding carboxylic acids is 1. The Kier molecular flexibility index (Phi) is 5.20. The van der Waals surface area contributed by atoms with E-state index in [1.165, 1.54) is 6.33 Å². The van der Waals surface area contributed by atoms with Crippen LogP contribution in [-0.4, -0.2) is 25.9 Å². The Morgan fingerprint density at radius 1 is 1.43 bits per heavy atom. The van der Waals surface area contributed by atoms with Crippen molar-refractivity contribution in [3.8, 4) is 0 Å². The number of carbonyl (C=O) groups is 1. The van der Waals surface area contributed by atoms with Gasteiger partial charge in [-0.3, -0.25) is 4.79 Å². The van der Waals surface area contributed by atoms with Gasteiger partial charge in [-0.2, -0.15) is 13.2 Å². The minimum atomic E-state index is -4.51. The molecule has 0 spiro atoms. The van der Waals surface area contributed by atoms with Crippen molar-refractivity contribution in [1.29, 1.82) is 0 Å². The summed E-state index contributed by atoms with van der Waals surface area (Å²) >= 11 is 6.98. The van der Waals surface area contributed by atoms with Crippen molar-refractivity contribution in [3.05, 3.63) is 35.1 Å². The number of anilines is 1. The first-order valence-electron chi connectivity index (χ1n) is 6.36. The average molecular weight is 365 g/mol. The summed E-state index contributed by atoms with van der Waals surface area (Å²) in [5, 5.41) is 9.87. The molecule has 0 aliphatic carbocycles. The summed E-state index contributed by atoms with van der Waals surface area (Å²) < 4.78 is 39.8. The van der Waals surface area contributed by atoms with Gasteiger partial charge in [-0.05, 0) is 25.1 Å². The van der Waals surface area contributed by atoms with Crippen LogP contribution in [0, 0.1) is 0 Å². The Morgan fingerprint density at radius 3 is 2.70 bits per heavy atom. The van der Waals surface area contributed by atoms with Gasteiger partial charge < -0.3 is 9.88 Å². The van der Waals surface area contributed by atoms with Gasteiger partial charge in [-0.15, -0.1) is 10.2 Å². The van der Waals surface area contributed by atoms with E-state index in [4.69, 9.17) is 11.6 Å². The number of benzene rings is 1. The van der Waals surface area contributed by atoms with Crippen LogP contribution in [0.15, 0.2) is 29.7 Å². The highest BCUT2D eigenvalue weighted by Crippen LogP contribution is 2.34. The average Bonchev–Trinajstić information content (AvgIpc) is 2.85. The molecule has 0 aliphatic heterocycles. The Bertz CT molecular complexity index is 719. The van der Waals surface area contributed by atoms with Gasteiger partial charge in [0.2, 0.25) is 5.91 Å². The molecule has 0 fully saturated rings. The van der Waals surface area contributed by atoms with Crippen LogP contribution in [0.2, 0.25) is 5.02 Å². The zero-order chi connectivity index (χ0) is 17.2. The van der Waals surface area contributed by atoms with Gasteiger partial charge in [0.1, 0.15) is 6.33 Å². The normalized spacial score (nSPS) is 13.0. The largest absolute Gasteiger partial charge is 0.416 e. The molecule has 0 radical (unpaired) electrons. The van der Waals surface area contributed by atoms with E-state index >= 15 is 0 Å². The van der Waals surface area contributed by atoms with E-state index in [1.807, 2.05) is 0 Å². The summed E-state index contributed by atoms with van der Waals surface area (Å²) in [6, 6.07) is 2.76. The SMILES string of the molecule is C[C@@H](Sc1nncn1C)C(=O)Nc1cc(C(F)(F)F)ccc1Cl. The first-order chi connectivity index (χ1) is 10.7. The number of nitrogens with zero attached hydrogens (tertiary/aromatic N) is 3. The highest BCUT2D eigenvalue weighted by atomic mass is 35.5. The number of aromatic nitrogens is 3. The van der Waals surface area contributed by atoms with Crippen LogP contribution in [0.25, 0.3) is 0 Å². The summed E-state index contributed by atoms with van der Waals surface area (Å²) in [6.07, 6.45) is -3.03. The lowest BCUT2D eigenvalue weighted by Gasteiger charge is -2.14. The van der Waals surface area contributed by atoms with E-state index in [0.29, 0.717) is 5.16 Å². The van der Waals surface area contributed by atoms with Crippen LogP contribution in [0.1, 0.15) is 12.5 Å². The number of amides is 1. The number of halogens is 4. The fourth-order valence-electron chi connectivity index (χ4n) is 1.62. The molecule has 0 unspecified atom stereocenters. The van der Waals surface area contributed by atoms with Gasteiger partial charge in [0.05, 0.1) is 21.5 Å². The van der Waals surface area contributed by atoms with Gasteiger partial charge in [0.15, 0.2) is 5.16 Å². The van der Waals surface area contributed by atoms with Crippen LogP contribution in [-0.2, 0) is 18.0 Å². The van der Waals surface area contributed by atoms with Crippen LogP contribution in [0.5, 0.6) is 0 Å². The summed E-state index contributed by atoms with van der Waals surface area (Å²) in [5.74, 6) is -0.487. The van der Waals surface area contributed by atoms with E-state index in [-0.39, 0.29) is 10.7 Å². The van der Waals surface area contributed by atoms with Gasteiger partial charge in [0, 0.05) is 7.05 Å². The second-order valence-corrected chi connectivity index (χ2v) is 6.38. The molecular weight excluding hydrogens is 353 g/mol. The fourth-order valence-corrected chi connectivity index (χ4v) is 2.58. The number of nitrogens with one attached hydrogen (secondary N) is 1. The molecule has 1 aromatic carbocycles. The van der Waals surface area contributed by atoms with E-state index in [2.05, 4.69) is 15.5 Å². The third kappa shape index (κ3) is 4.38. The Hall–Kier alpha value is -1.74. The van der Waals surface area contributed by atoms with Crippen molar-refractivity contribution < 1.29 is 18.0 Å². The monoisotopic (exact) mass is 364 g/mol. The summed E-state index contributed by atoms with van der Waals surface area (Å²) in [5.41, 5.74) is -0.970. The molecule has 1 amide bonds. The predicted molar refractivity (Wildman–Crippen MR) is 81.4 cm³/mol. The lowest BCUT2D eigenvalue weighted by molar-refractivity contribution is -0.137. The quantitative estimate of drug-likeness (QED) is 0.842. The molecule has 1 heterocycles. The Morgan fingerprint density at radius 2 is 2.13 bits per heavy atom. The summed E-state index contributed by atoms with van der Waals surface area (Å²) in [7, 11) is 1.72. The second kappa shape index (κ2) is 6.79. The standard InChI is InChI=1S/C13H12ClF3N4OS/c1-7(23-12-20-18-6-21(12)2)11(22)19-10-5-8(13(15,16)17)3-4-9(10)14/h3-7H,1-2H3,(H,19,22)/t7-/m1/s1. The van der Waals surface area contributed by atoms with Crippen LogP contribution < -0.4 is 5.32 Å². The smallest absolute Gasteiger partial charge is 0.324 e. The molecule has 10 heteroatoms. The van der Waals surface area contributed by atoms with Crippen molar-refractivity contribution >= 4 is 35.0 Å². The number of rotatable bonds is 4. The number of hydrogen-bond donors (Lipinski definition) is 1. The maximum absolute atomic E-state index is 12.7. The molecule has 0 saturated carbocycles. The van der Waals surface area contributed by atoms with Gasteiger partial charge in [-0.1, -0.05) is 23.4 Å². The summed E-state index contributed by atoms with van der Waals surface area (Å²) in [4.78, 5) is 12.1. The Labute approximate surface area is 139 Å². The minimum Gasteiger partial charge on any atom is -0.324 e. The molecular formula is C13H12ClF3N4OS. The van der Waals surface area contributed by atoms with Crippen molar-refractivity contribution in [3.63, 3.8) is 0 Å². The van der Waals surface area contributed by atoms with E-state index in [1.54, 1.807) is 18.5 Å². The van der Waals surface area contributed by atoms with E-state index in [9.17, 15) is 18.0 Å². The summed E-state index contributed by atoms with van der Waals surface area (Å²) in [6.45, 7) is 1.61. The molecule has 2 rings (SSSR count). The zero-order valence-electron chi connectivity index (χ0n) is 12.1. The second-order valence-electron chi connectivity index (χ2n) is 4.67. The van der Waals surface area contributed by atoms with E-state index in [0.717, 1.165) is 30.0 Å². The molecule has 124 valence electrons. The van der Waals surface area contributed by atoms with Crippen LogP contribution >= 0.6 is 23.4 Å². The van der Waals surface area contributed by atoms with Gasteiger partial charge in [-0.25, -0.2) is 0 Å². The number of aryl methyl sites for hydroxylation is 1. The Balaban J connectivity index is 2.12. The third-order valence-electron chi connectivity index (χ3n) is 2.87. The number of alkyl halides is 3. The molecule has 1 N–H and O–H groups in total. The topological polar surface area (TPSA) is 59.8 Å². The minimum absolute atomic E-state index is 0.0298. The lowest BCUT2D eigenvalue weighted by atomic mass is 10.2. The zero-order valence-corrected chi connectivity index (χ0v) is 13.6. The molecule has 5 nitrogen and oxygen atoms in total. The van der Waals surface area contributed by atoms with Gasteiger partial charge in [0.25, 0.3) is 0 Å². The van der Waals surface area contributed by atoms with Crippen molar-refractivity contribution in [2.45, 2.75) is 23.5 Å². The van der Waals surface area contributed by atoms with Crippen molar-refractivity contribution in [2.24, 2.45) is 7.05 Å². The lowest BCUT2D eigenvalue weighted by Crippen LogP contribution is -2.23.